The summed E-state index contributed by atoms with van der Waals surface area (Å²) in [7, 11) is 0. The minimum absolute atomic E-state index is 0.0799. The highest BCUT2D eigenvalue weighted by Gasteiger charge is 2.16. The number of nitrogens with one attached hydrogen (secondary N) is 1. The Morgan fingerprint density at radius 3 is 2.48 bits per heavy atom. The maximum atomic E-state index is 13.5. The summed E-state index contributed by atoms with van der Waals surface area (Å²) in [6.07, 6.45) is 0. The summed E-state index contributed by atoms with van der Waals surface area (Å²) in [4.78, 5) is 12.0. The van der Waals surface area contributed by atoms with Crippen molar-refractivity contribution < 1.29 is 18.0 Å². The van der Waals surface area contributed by atoms with Crippen molar-refractivity contribution in [1.29, 1.82) is 0 Å². The van der Waals surface area contributed by atoms with Crippen LogP contribution in [0, 0.1) is 17.5 Å². The van der Waals surface area contributed by atoms with Gasteiger partial charge in [0.05, 0.1) is 10.9 Å². The van der Waals surface area contributed by atoms with Crippen LogP contribution in [-0.2, 0) is 10.5 Å². The van der Waals surface area contributed by atoms with E-state index in [4.69, 9.17) is 11.6 Å². The zero-order chi connectivity index (χ0) is 17.0. The van der Waals surface area contributed by atoms with Gasteiger partial charge in [-0.2, -0.15) is 0 Å². The van der Waals surface area contributed by atoms with Gasteiger partial charge in [-0.15, -0.1) is 11.8 Å². The van der Waals surface area contributed by atoms with Gasteiger partial charge in [0.25, 0.3) is 0 Å². The summed E-state index contributed by atoms with van der Waals surface area (Å²) in [5, 5.41) is 2.19. The van der Waals surface area contributed by atoms with Gasteiger partial charge in [0.15, 0.2) is 0 Å². The molecule has 0 fully saturated rings. The molecule has 1 N–H and O–H groups in total. The summed E-state index contributed by atoms with van der Waals surface area (Å²) < 4.78 is 39.3. The van der Waals surface area contributed by atoms with Crippen molar-refractivity contribution in [3.63, 3.8) is 0 Å². The van der Waals surface area contributed by atoms with Crippen molar-refractivity contribution >= 4 is 35.0 Å². The van der Waals surface area contributed by atoms with Crippen molar-refractivity contribution in [2.24, 2.45) is 0 Å². The van der Waals surface area contributed by atoms with Gasteiger partial charge in [0.1, 0.15) is 17.5 Å². The zero-order valence-electron chi connectivity index (χ0n) is 12.1. The van der Waals surface area contributed by atoms with E-state index in [0.29, 0.717) is 17.4 Å². The highest BCUT2D eigenvalue weighted by atomic mass is 35.5. The molecule has 7 heteroatoms. The van der Waals surface area contributed by atoms with Crippen molar-refractivity contribution in [1.82, 2.24) is 0 Å². The van der Waals surface area contributed by atoms with Gasteiger partial charge in [-0.1, -0.05) is 17.7 Å². The molecule has 0 bridgehead atoms. The zero-order valence-corrected chi connectivity index (χ0v) is 13.6. The van der Waals surface area contributed by atoms with Gasteiger partial charge in [0.2, 0.25) is 5.91 Å². The summed E-state index contributed by atoms with van der Waals surface area (Å²) in [5.74, 6) is -1.99. The number of hydrogen-bond donors (Lipinski definition) is 1. The van der Waals surface area contributed by atoms with Crippen LogP contribution in [0.5, 0.6) is 0 Å². The lowest BCUT2D eigenvalue weighted by atomic mass is 10.2. The van der Waals surface area contributed by atoms with Crippen molar-refractivity contribution in [3.05, 3.63) is 64.4 Å². The number of carbonyl (C=O) groups excluding carboxylic acids is 1. The second kappa shape index (κ2) is 7.75. The molecule has 2 aromatic carbocycles. The Labute approximate surface area is 141 Å². The third-order valence-electron chi connectivity index (χ3n) is 3.06. The standard InChI is InChI=1S/C16H13ClF3NOS/c1-9(23-8-10-2-3-11(18)6-13(10)17)16(22)21-15-5-4-12(19)7-14(15)20/h2-7,9H,8H2,1H3,(H,21,22). The number of benzene rings is 2. The van der Waals surface area contributed by atoms with Crippen molar-refractivity contribution in [2.45, 2.75) is 17.9 Å². The third kappa shape index (κ3) is 4.91. The van der Waals surface area contributed by atoms with E-state index in [1.807, 2.05) is 0 Å². The van der Waals surface area contributed by atoms with Crippen molar-refractivity contribution in [3.8, 4) is 0 Å². The first kappa shape index (κ1) is 17.7. The fraction of sp³-hybridized carbons (Fsp3) is 0.188. The minimum atomic E-state index is -0.836. The number of carbonyl (C=O) groups is 1. The molecule has 0 saturated heterocycles. The Morgan fingerprint density at radius 2 is 1.83 bits per heavy atom. The van der Waals surface area contributed by atoms with Crippen LogP contribution in [0.4, 0.5) is 18.9 Å². The number of anilines is 1. The second-order valence-corrected chi connectivity index (χ2v) is 6.54. The van der Waals surface area contributed by atoms with Crippen LogP contribution in [-0.4, -0.2) is 11.2 Å². The molecule has 0 saturated carbocycles. The number of rotatable bonds is 5. The summed E-state index contributed by atoms with van der Waals surface area (Å²) in [5.41, 5.74) is 0.620. The van der Waals surface area contributed by atoms with E-state index in [0.717, 1.165) is 12.1 Å². The molecule has 0 radical (unpaired) electrons. The molecule has 1 amide bonds. The molecule has 0 aliphatic heterocycles. The molecule has 2 nitrogen and oxygen atoms in total. The summed E-state index contributed by atoms with van der Waals surface area (Å²) in [6.45, 7) is 1.65. The maximum Gasteiger partial charge on any atom is 0.237 e. The monoisotopic (exact) mass is 359 g/mol. The highest BCUT2D eigenvalue weighted by molar-refractivity contribution is 7.99. The molecule has 2 aromatic rings. The lowest BCUT2D eigenvalue weighted by molar-refractivity contribution is -0.115. The number of amides is 1. The second-order valence-electron chi connectivity index (χ2n) is 4.80. The van der Waals surface area contributed by atoms with Crippen LogP contribution in [0.3, 0.4) is 0 Å². The lowest BCUT2D eigenvalue weighted by Gasteiger charge is -2.13. The highest BCUT2D eigenvalue weighted by Crippen LogP contribution is 2.25. The Morgan fingerprint density at radius 1 is 1.17 bits per heavy atom. The largest absolute Gasteiger partial charge is 0.323 e. The smallest absolute Gasteiger partial charge is 0.237 e. The molecule has 1 unspecified atom stereocenters. The molecule has 0 heterocycles. The molecule has 2 rings (SSSR count). The molecule has 1 atom stereocenters. The Balaban J connectivity index is 1.94. The predicted molar refractivity (Wildman–Crippen MR) is 87.2 cm³/mol. The number of halogens is 4. The molecule has 0 aliphatic rings. The first-order valence-corrected chi connectivity index (χ1v) is 8.11. The van der Waals surface area contributed by atoms with E-state index in [9.17, 15) is 18.0 Å². The van der Waals surface area contributed by atoms with Gasteiger partial charge < -0.3 is 5.32 Å². The number of thioether (sulfide) groups is 1. The van der Waals surface area contributed by atoms with E-state index in [2.05, 4.69) is 5.32 Å². The van der Waals surface area contributed by atoms with Crippen LogP contribution in [0.15, 0.2) is 36.4 Å². The maximum absolute atomic E-state index is 13.5. The third-order valence-corrected chi connectivity index (χ3v) is 4.61. The average molecular weight is 360 g/mol. The van der Waals surface area contributed by atoms with Gasteiger partial charge in [-0.3, -0.25) is 4.79 Å². The first-order chi connectivity index (χ1) is 10.9. The minimum Gasteiger partial charge on any atom is -0.323 e. The summed E-state index contributed by atoms with van der Waals surface area (Å²) in [6, 6.07) is 6.97. The van der Waals surface area contributed by atoms with Gasteiger partial charge in [-0.05, 0) is 36.8 Å². The molecule has 23 heavy (non-hydrogen) atoms. The van der Waals surface area contributed by atoms with Crippen LogP contribution < -0.4 is 5.32 Å². The average Bonchev–Trinajstić information content (AvgIpc) is 2.48. The van der Waals surface area contributed by atoms with Gasteiger partial charge in [0, 0.05) is 16.8 Å². The van der Waals surface area contributed by atoms with Crippen LogP contribution in [0.25, 0.3) is 0 Å². The Hall–Kier alpha value is -1.66. The van der Waals surface area contributed by atoms with Gasteiger partial charge >= 0.3 is 0 Å². The molecule has 122 valence electrons. The topological polar surface area (TPSA) is 29.1 Å². The quantitative estimate of drug-likeness (QED) is 0.812. The Kier molecular flexibility index (Phi) is 5.96. The van der Waals surface area contributed by atoms with E-state index in [-0.39, 0.29) is 10.7 Å². The van der Waals surface area contributed by atoms with Crippen LogP contribution >= 0.6 is 23.4 Å². The fourth-order valence-corrected chi connectivity index (χ4v) is 2.96. The van der Waals surface area contributed by atoms with E-state index in [1.54, 1.807) is 13.0 Å². The van der Waals surface area contributed by atoms with Gasteiger partial charge in [-0.25, -0.2) is 13.2 Å². The van der Waals surface area contributed by atoms with E-state index in [1.165, 1.54) is 23.9 Å². The number of hydrogen-bond acceptors (Lipinski definition) is 2. The first-order valence-electron chi connectivity index (χ1n) is 6.68. The van der Waals surface area contributed by atoms with Crippen LogP contribution in [0.2, 0.25) is 5.02 Å². The SMILES string of the molecule is CC(SCc1ccc(F)cc1Cl)C(=O)Nc1ccc(F)cc1F. The molecular weight excluding hydrogens is 347 g/mol. The molecular formula is C16H13ClF3NOS. The fourth-order valence-electron chi connectivity index (χ4n) is 1.75. The molecule has 0 aliphatic carbocycles. The molecule has 0 spiro atoms. The lowest BCUT2D eigenvalue weighted by Crippen LogP contribution is -2.23. The van der Waals surface area contributed by atoms with Crippen LogP contribution in [0.1, 0.15) is 12.5 Å². The van der Waals surface area contributed by atoms with E-state index >= 15 is 0 Å². The predicted octanol–water partition coefficient (Wildman–Crippen LogP) is 5.02. The summed E-state index contributed by atoms with van der Waals surface area (Å²) >= 11 is 7.19. The van der Waals surface area contributed by atoms with E-state index < -0.39 is 28.6 Å². The Bertz CT molecular complexity index is 726. The van der Waals surface area contributed by atoms with Crippen molar-refractivity contribution in [2.75, 3.05) is 5.32 Å². The normalized spacial score (nSPS) is 12.0. The molecule has 0 aromatic heterocycles.